The van der Waals surface area contributed by atoms with E-state index in [4.69, 9.17) is 5.11 Å². The Morgan fingerprint density at radius 2 is 2.26 bits per heavy atom. The molecule has 0 aromatic carbocycles. The van der Waals surface area contributed by atoms with Gasteiger partial charge in [0.15, 0.2) is 0 Å². The van der Waals surface area contributed by atoms with Crippen molar-refractivity contribution >= 4 is 12.0 Å². The number of aliphatic hydroxyl groups is 1. The summed E-state index contributed by atoms with van der Waals surface area (Å²) in [4.78, 5) is 24.0. The van der Waals surface area contributed by atoms with E-state index in [1.54, 1.807) is 23.1 Å². The van der Waals surface area contributed by atoms with Gasteiger partial charge in [-0.15, -0.1) is 0 Å². The second-order valence-electron chi connectivity index (χ2n) is 4.40. The first-order chi connectivity index (χ1) is 9.08. The normalized spacial score (nSPS) is 22.5. The van der Waals surface area contributed by atoms with Crippen LogP contribution in [0.4, 0.5) is 4.79 Å². The molecule has 0 bridgehead atoms. The van der Waals surface area contributed by atoms with Crippen molar-refractivity contribution in [1.29, 1.82) is 0 Å². The Bertz CT molecular complexity index is 448. The molecule has 1 unspecified atom stereocenters. The predicted molar refractivity (Wildman–Crippen MR) is 64.4 cm³/mol. The van der Waals surface area contributed by atoms with Crippen molar-refractivity contribution in [3.63, 3.8) is 0 Å². The molecular weight excluding hydrogens is 252 g/mol. The van der Waals surface area contributed by atoms with Gasteiger partial charge in [-0.05, 0) is 6.07 Å². The van der Waals surface area contributed by atoms with Crippen molar-refractivity contribution in [3.8, 4) is 0 Å². The Kier molecular flexibility index (Phi) is 4.00. The highest BCUT2D eigenvalue weighted by atomic mass is 16.4. The molecule has 2 rings (SSSR count). The minimum absolute atomic E-state index is 0.0462. The summed E-state index contributed by atoms with van der Waals surface area (Å²) in [5.41, 5.74) is 0. The first-order valence-corrected chi connectivity index (χ1v) is 6.00. The van der Waals surface area contributed by atoms with Gasteiger partial charge < -0.3 is 20.4 Å². The van der Waals surface area contributed by atoms with Crippen LogP contribution in [-0.2, 0) is 11.3 Å². The van der Waals surface area contributed by atoms with Crippen LogP contribution < -0.4 is 5.32 Å². The van der Waals surface area contributed by atoms with Gasteiger partial charge in [0.05, 0.1) is 12.6 Å². The second-order valence-corrected chi connectivity index (χ2v) is 4.40. The molecule has 1 aromatic heterocycles. The first-order valence-electron chi connectivity index (χ1n) is 6.00. The van der Waals surface area contributed by atoms with E-state index in [1.807, 2.05) is 0 Å². The van der Waals surface area contributed by atoms with Crippen molar-refractivity contribution < 1.29 is 19.8 Å². The number of carbonyl (C=O) groups excluding carboxylic acids is 1. The van der Waals surface area contributed by atoms with Crippen LogP contribution in [-0.4, -0.2) is 62.1 Å². The molecule has 2 atom stereocenters. The van der Waals surface area contributed by atoms with E-state index in [1.165, 1.54) is 0 Å². The lowest BCUT2D eigenvalue weighted by Crippen LogP contribution is -2.46. The van der Waals surface area contributed by atoms with Gasteiger partial charge in [-0.1, -0.05) is 0 Å². The third-order valence-corrected chi connectivity index (χ3v) is 3.00. The molecular formula is C11H16N4O4. The van der Waals surface area contributed by atoms with Crippen molar-refractivity contribution in [2.75, 3.05) is 13.1 Å². The van der Waals surface area contributed by atoms with Crippen LogP contribution >= 0.6 is 0 Å². The fraction of sp³-hybridized carbons (Fsp3) is 0.545. The van der Waals surface area contributed by atoms with E-state index in [9.17, 15) is 14.7 Å². The zero-order chi connectivity index (χ0) is 13.8. The number of hydrogen-bond donors (Lipinski definition) is 3. The fourth-order valence-electron chi connectivity index (χ4n) is 2.08. The zero-order valence-electron chi connectivity index (χ0n) is 10.3. The Morgan fingerprint density at radius 1 is 1.47 bits per heavy atom. The highest BCUT2D eigenvalue weighted by Gasteiger charge is 2.38. The van der Waals surface area contributed by atoms with Gasteiger partial charge in [-0.2, -0.15) is 5.10 Å². The molecule has 1 aliphatic heterocycles. The number of carboxylic acid groups (broad SMARTS) is 1. The average Bonchev–Trinajstić information content (AvgIpc) is 2.98. The molecule has 0 spiro atoms. The van der Waals surface area contributed by atoms with Gasteiger partial charge in [0, 0.05) is 31.9 Å². The molecule has 0 radical (unpaired) electrons. The summed E-state index contributed by atoms with van der Waals surface area (Å²) in [6.07, 6.45) is 2.70. The van der Waals surface area contributed by atoms with Crippen LogP contribution in [0.15, 0.2) is 18.5 Å². The third kappa shape index (κ3) is 3.22. The number of aliphatic carboxylic acids is 1. The van der Waals surface area contributed by atoms with E-state index in [2.05, 4.69) is 10.4 Å². The molecule has 2 heterocycles. The quantitative estimate of drug-likeness (QED) is 0.656. The largest absolute Gasteiger partial charge is 0.480 e. The number of rotatable bonds is 4. The molecule has 104 valence electrons. The summed E-state index contributed by atoms with van der Waals surface area (Å²) in [6, 6.07) is 0.342. The van der Waals surface area contributed by atoms with Crippen LogP contribution in [0.1, 0.15) is 6.42 Å². The lowest BCUT2D eigenvalue weighted by atomic mass is 10.2. The molecule has 2 amide bonds. The van der Waals surface area contributed by atoms with Crippen LogP contribution in [0.2, 0.25) is 0 Å². The molecule has 1 saturated heterocycles. The number of aliphatic hydroxyl groups excluding tert-OH is 1. The molecule has 0 saturated carbocycles. The monoisotopic (exact) mass is 268 g/mol. The van der Waals surface area contributed by atoms with Crippen LogP contribution in [0, 0.1) is 0 Å². The number of urea groups is 1. The zero-order valence-corrected chi connectivity index (χ0v) is 10.3. The number of likely N-dealkylation sites (tertiary alicyclic amines) is 1. The van der Waals surface area contributed by atoms with Crippen LogP contribution in [0.25, 0.3) is 0 Å². The number of hydrogen-bond acceptors (Lipinski definition) is 4. The second kappa shape index (κ2) is 5.70. The molecule has 19 heavy (non-hydrogen) atoms. The topological polar surface area (TPSA) is 108 Å². The maximum Gasteiger partial charge on any atom is 0.326 e. The predicted octanol–water partition coefficient (Wildman–Crippen LogP) is -0.887. The fourth-order valence-corrected chi connectivity index (χ4v) is 2.08. The summed E-state index contributed by atoms with van der Waals surface area (Å²) >= 11 is 0. The van der Waals surface area contributed by atoms with Crippen molar-refractivity contribution in [2.24, 2.45) is 0 Å². The van der Waals surface area contributed by atoms with Crippen LogP contribution in [0.3, 0.4) is 0 Å². The summed E-state index contributed by atoms with van der Waals surface area (Å²) in [5.74, 6) is -1.10. The summed E-state index contributed by atoms with van der Waals surface area (Å²) in [5, 5.41) is 25.0. The number of carbonyl (C=O) groups is 2. The van der Waals surface area contributed by atoms with Crippen molar-refractivity contribution in [1.82, 2.24) is 20.0 Å². The number of nitrogens with one attached hydrogen (secondary N) is 1. The molecule has 1 aromatic rings. The maximum absolute atomic E-state index is 11.8. The molecule has 8 heteroatoms. The van der Waals surface area contributed by atoms with E-state index in [0.717, 1.165) is 4.90 Å². The van der Waals surface area contributed by atoms with Crippen LogP contribution in [0.5, 0.6) is 0 Å². The summed E-state index contributed by atoms with van der Waals surface area (Å²) < 4.78 is 1.66. The van der Waals surface area contributed by atoms with Gasteiger partial charge >= 0.3 is 12.0 Å². The van der Waals surface area contributed by atoms with Gasteiger partial charge in [0.25, 0.3) is 0 Å². The SMILES string of the molecule is O=C(O)[C@@H]1CC(O)CN1C(=O)NCCn1cccn1. The summed E-state index contributed by atoms with van der Waals surface area (Å²) in [7, 11) is 0. The van der Waals surface area contributed by atoms with Gasteiger partial charge in [0.1, 0.15) is 6.04 Å². The van der Waals surface area contributed by atoms with E-state index in [-0.39, 0.29) is 13.0 Å². The number of aromatic nitrogens is 2. The smallest absolute Gasteiger partial charge is 0.326 e. The Hall–Kier alpha value is -2.09. The standard InChI is InChI=1S/C11H16N4O4/c16-8-6-9(10(17)18)15(7-8)11(19)12-3-5-14-4-1-2-13-14/h1-2,4,8-9,16H,3,5-7H2,(H,12,19)(H,17,18)/t8?,9-/m0/s1. The Balaban J connectivity index is 1.83. The molecule has 3 N–H and O–H groups in total. The van der Waals surface area contributed by atoms with Gasteiger partial charge in [0.2, 0.25) is 0 Å². The first kappa shape index (κ1) is 13.3. The number of amides is 2. The highest BCUT2D eigenvalue weighted by molar-refractivity contribution is 5.83. The Labute approximate surface area is 109 Å². The molecule has 1 fully saturated rings. The van der Waals surface area contributed by atoms with E-state index >= 15 is 0 Å². The lowest BCUT2D eigenvalue weighted by molar-refractivity contribution is -0.141. The van der Waals surface area contributed by atoms with Gasteiger partial charge in [-0.3, -0.25) is 4.68 Å². The molecule has 1 aliphatic rings. The third-order valence-electron chi connectivity index (χ3n) is 3.00. The molecule has 8 nitrogen and oxygen atoms in total. The number of carboxylic acids is 1. The number of nitrogens with zero attached hydrogens (tertiary/aromatic N) is 3. The van der Waals surface area contributed by atoms with Crippen molar-refractivity contribution in [3.05, 3.63) is 18.5 Å². The minimum atomic E-state index is -1.10. The van der Waals surface area contributed by atoms with Crippen molar-refractivity contribution in [2.45, 2.75) is 25.1 Å². The highest BCUT2D eigenvalue weighted by Crippen LogP contribution is 2.17. The minimum Gasteiger partial charge on any atom is -0.480 e. The van der Waals surface area contributed by atoms with E-state index < -0.39 is 24.1 Å². The molecule has 0 aliphatic carbocycles. The van der Waals surface area contributed by atoms with E-state index in [0.29, 0.717) is 13.1 Å². The summed E-state index contributed by atoms with van der Waals surface area (Å²) in [6.45, 7) is 0.900. The average molecular weight is 268 g/mol. The number of β-amino-alcohol motifs (C(OH)–C–C–N with tert-alkyl or cyclic N) is 1. The Morgan fingerprint density at radius 3 is 2.89 bits per heavy atom. The van der Waals surface area contributed by atoms with Gasteiger partial charge in [-0.25, -0.2) is 9.59 Å². The maximum atomic E-state index is 11.8. The lowest BCUT2D eigenvalue weighted by Gasteiger charge is -2.21.